The maximum absolute atomic E-state index is 8.54. The number of hydrogen-bond acceptors (Lipinski definition) is 2. The smallest absolute Gasteiger partial charge is 0.0621 e. The first-order valence-corrected chi connectivity index (χ1v) is 5.59. The number of nitrogens with zero attached hydrogens (tertiary/aromatic N) is 1. The van der Waals surface area contributed by atoms with Gasteiger partial charge in [-0.15, -0.1) is 0 Å². The lowest BCUT2D eigenvalue weighted by atomic mass is 9.77. The summed E-state index contributed by atoms with van der Waals surface area (Å²) in [5.41, 5.74) is 0.651. The Labute approximate surface area is 87.7 Å². The molecule has 0 aliphatic heterocycles. The minimum atomic E-state index is 0.258. The Hall–Kier alpha value is -0.550. The van der Waals surface area contributed by atoms with Crippen LogP contribution in [-0.2, 0) is 0 Å². The third kappa shape index (κ3) is 3.31. The molecule has 1 fully saturated rings. The average Bonchev–Trinajstić information content (AvgIpc) is 2.09. The fourth-order valence-electron chi connectivity index (χ4n) is 1.82. The second-order valence-electron chi connectivity index (χ2n) is 5.59. The van der Waals surface area contributed by atoms with Crippen LogP contribution in [-0.4, -0.2) is 12.1 Å². The highest BCUT2D eigenvalue weighted by atomic mass is 15.0. The van der Waals surface area contributed by atoms with Gasteiger partial charge in [-0.3, -0.25) is 0 Å². The van der Waals surface area contributed by atoms with Gasteiger partial charge in [0.2, 0.25) is 0 Å². The fourth-order valence-corrected chi connectivity index (χ4v) is 1.82. The van der Waals surface area contributed by atoms with Crippen molar-refractivity contribution in [2.75, 3.05) is 6.54 Å². The minimum Gasteiger partial charge on any atom is -0.311 e. The Morgan fingerprint density at radius 2 is 2.07 bits per heavy atom. The van der Waals surface area contributed by atoms with Crippen LogP contribution in [0.3, 0.4) is 0 Å². The van der Waals surface area contributed by atoms with E-state index in [1.165, 1.54) is 19.3 Å². The molecule has 0 aromatic rings. The molecule has 0 amide bonds. The molecule has 0 atom stereocenters. The molecule has 1 aliphatic carbocycles. The van der Waals surface area contributed by atoms with E-state index in [-0.39, 0.29) is 5.41 Å². The fraction of sp³-hybridized carbons (Fsp3) is 0.917. The molecule has 0 aromatic heterocycles. The van der Waals surface area contributed by atoms with Crippen LogP contribution in [0.4, 0.5) is 0 Å². The zero-order valence-corrected chi connectivity index (χ0v) is 9.69. The highest BCUT2D eigenvalue weighted by Crippen LogP contribution is 2.32. The van der Waals surface area contributed by atoms with E-state index in [0.717, 1.165) is 13.0 Å². The van der Waals surface area contributed by atoms with E-state index in [9.17, 15) is 0 Å². The summed E-state index contributed by atoms with van der Waals surface area (Å²) in [7, 11) is 0. The molecule has 0 bridgehead atoms. The molecule has 0 spiro atoms. The SMILES string of the molecule is CC(C)(CCC#N)CNC1(C)CCC1. The molecule has 0 saturated heterocycles. The normalized spacial score (nSPS) is 19.9. The number of nitrogens with one attached hydrogen (secondary N) is 1. The third-order valence-corrected chi connectivity index (χ3v) is 3.36. The first kappa shape index (κ1) is 11.5. The van der Waals surface area contributed by atoms with Gasteiger partial charge in [0.05, 0.1) is 6.07 Å². The Balaban J connectivity index is 2.25. The van der Waals surface area contributed by atoms with Crippen molar-refractivity contribution < 1.29 is 0 Å². The molecule has 1 N–H and O–H groups in total. The van der Waals surface area contributed by atoms with E-state index in [4.69, 9.17) is 5.26 Å². The maximum atomic E-state index is 8.54. The predicted octanol–water partition coefficient (Wildman–Crippen LogP) is 2.85. The maximum Gasteiger partial charge on any atom is 0.0621 e. The Morgan fingerprint density at radius 1 is 1.43 bits per heavy atom. The van der Waals surface area contributed by atoms with Gasteiger partial charge in [-0.05, 0) is 38.0 Å². The number of nitriles is 1. The zero-order valence-electron chi connectivity index (χ0n) is 9.69. The van der Waals surface area contributed by atoms with E-state index in [2.05, 4.69) is 32.2 Å². The minimum absolute atomic E-state index is 0.258. The Bertz CT molecular complexity index is 221. The number of rotatable bonds is 5. The molecule has 0 unspecified atom stereocenters. The van der Waals surface area contributed by atoms with Gasteiger partial charge in [-0.25, -0.2) is 0 Å². The van der Waals surface area contributed by atoms with Crippen molar-refractivity contribution in [1.82, 2.24) is 5.32 Å². The van der Waals surface area contributed by atoms with Crippen LogP contribution < -0.4 is 5.32 Å². The van der Waals surface area contributed by atoms with Crippen molar-refractivity contribution in [2.24, 2.45) is 5.41 Å². The van der Waals surface area contributed by atoms with Crippen molar-refractivity contribution in [1.29, 1.82) is 5.26 Å². The quantitative estimate of drug-likeness (QED) is 0.730. The summed E-state index contributed by atoms with van der Waals surface area (Å²) < 4.78 is 0. The third-order valence-electron chi connectivity index (χ3n) is 3.36. The molecule has 1 saturated carbocycles. The van der Waals surface area contributed by atoms with Crippen molar-refractivity contribution in [3.63, 3.8) is 0 Å². The van der Waals surface area contributed by atoms with Crippen LogP contribution in [0, 0.1) is 16.7 Å². The molecule has 1 aliphatic rings. The highest BCUT2D eigenvalue weighted by Gasteiger charge is 2.32. The molecular weight excluding hydrogens is 172 g/mol. The molecule has 0 heterocycles. The van der Waals surface area contributed by atoms with Gasteiger partial charge >= 0.3 is 0 Å². The van der Waals surface area contributed by atoms with Crippen LogP contribution in [0.5, 0.6) is 0 Å². The molecule has 2 nitrogen and oxygen atoms in total. The van der Waals surface area contributed by atoms with E-state index in [1.807, 2.05) is 0 Å². The topological polar surface area (TPSA) is 35.8 Å². The molecule has 0 aromatic carbocycles. The van der Waals surface area contributed by atoms with Crippen LogP contribution in [0.15, 0.2) is 0 Å². The first-order valence-electron chi connectivity index (χ1n) is 5.59. The lowest BCUT2D eigenvalue weighted by molar-refractivity contribution is 0.174. The summed E-state index contributed by atoms with van der Waals surface area (Å²) in [6, 6.07) is 2.22. The van der Waals surface area contributed by atoms with Crippen molar-refractivity contribution >= 4 is 0 Å². The summed E-state index contributed by atoms with van der Waals surface area (Å²) in [6.07, 6.45) is 5.64. The van der Waals surface area contributed by atoms with E-state index >= 15 is 0 Å². The summed E-state index contributed by atoms with van der Waals surface area (Å²) in [5.74, 6) is 0. The van der Waals surface area contributed by atoms with Gasteiger partial charge in [-0.1, -0.05) is 13.8 Å². The second-order valence-corrected chi connectivity index (χ2v) is 5.59. The second kappa shape index (κ2) is 4.31. The van der Waals surface area contributed by atoms with Crippen LogP contribution in [0.2, 0.25) is 0 Å². The molecule has 0 radical (unpaired) electrons. The largest absolute Gasteiger partial charge is 0.311 e. The molecule has 1 rings (SSSR count). The van der Waals surface area contributed by atoms with Crippen molar-refractivity contribution in [3.8, 4) is 6.07 Å². The van der Waals surface area contributed by atoms with Crippen LogP contribution in [0.1, 0.15) is 52.9 Å². The van der Waals surface area contributed by atoms with Gasteiger partial charge in [-0.2, -0.15) is 5.26 Å². The summed E-state index contributed by atoms with van der Waals surface area (Å²) >= 11 is 0. The standard InChI is InChI=1S/C12H22N2/c1-11(2,6-5-9-13)10-14-12(3)7-4-8-12/h14H,4-8,10H2,1-3H3. The van der Waals surface area contributed by atoms with Gasteiger partial charge in [0, 0.05) is 18.5 Å². The lowest BCUT2D eigenvalue weighted by Crippen LogP contribution is -2.51. The van der Waals surface area contributed by atoms with Gasteiger partial charge in [0.15, 0.2) is 0 Å². The molecule has 14 heavy (non-hydrogen) atoms. The molecule has 80 valence electrons. The Morgan fingerprint density at radius 3 is 2.50 bits per heavy atom. The summed E-state index contributed by atoms with van der Waals surface area (Å²) in [4.78, 5) is 0. The van der Waals surface area contributed by atoms with E-state index < -0.39 is 0 Å². The van der Waals surface area contributed by atoms with Crippen molar-refractivity contribution in [3.05, 3.63) is 0 Å². The summed E-state index contributed by atoms with van der Waals surface area (Å²) in [5, 5.41) is 12.2. The van der Waals surface area contributed by atoms with E-state index in [0.29, 0.717) is 12.0 Å². The van der Waals surface area contributed by atoms with Crippen LogP contribution in [0.25, 0.3) is 0 Å². The number of hydrogen-bond donors (Lipinski definition) is 1. The zero-order chi connectivity index (χ0) is 10.7. The van der Waals surface area contributed by atoms with Gasteiger partial charge in [0.1, 0.15) is 0 Å². The molecule has 2 heteroatoms. The predicted molar refractivity (Wildman–Crippen MR) is 58.9 cm³/mol. The monoisotopic (exact) mass is 194 g/mol. The van der Waals surface area contributed by atoms with Gasteiger partial charge in [0.25, 0.3) is 0 Å². The first-order chi connectivity index (χ1) is 6.47. The van der Waals surface area contributed by atoms with Crippen molar-refractivity contribution in [2.45, 2.75) is 58.4 Å². The lowest BCUT2D eigenvalue weighted by Gasteiger charge is -2.42. The highest BCUT2D eigenvalue weighted by molar-refractivity contribution is 4.93. The molecular formula is C12H22N2. The van der Waals surface area contributed by atoms with Crippen LogP contribution >= 0.6 is 0 Å². The summed E-state index contributed by atoms with van der Waals surface area (Å²) in [6.45, 7) is 7.81. The Kier molecular flexibility index (Phi) is 3.55. The van der Waals surface area contributed by atoms with Gasteiger partial charge < -0.3 is 5.32 Å². The average molecular weight is 194 g/mol. The van der Waals surface area contributed by atoms with E-state index in [1.54, 1.807) is 0 Å².